The Morgan fingerprint density at radius 2 is 0.610 bits per heavy atom. The molecule has 10 aromatic carbocycles. The molecule has 2 nitrogen and oxygen atoms in total. The van der Waals surface area contributed by atoms with Gasteiger partial charge in [-0.1, -0.05) is 210 Å². The molecule has 0 saturated heterocycles. The summed E-state index contributed by atoms with van der Waals surface area (Å²) in [7, 11) is 0. The Bertz CT molecular complexity index is 3690. The van der Waals surface area contributed by atoms with Crippen molar-refractivity contribution in [3.05, 3.63) is 251 Å². The van der Waals surface area contributed by atoms with Gasteiger partial charge in [0.05, 0.1) is 5.41 Å². The second-order valence-electron chi connectivity index (χ2n) is 26.2. The zero-order valence-corrected chi connectivity index (χ0v) is 47.0. The molecule has 2 heteroatoms. The van der Waals surface area contributed by atoms with E-state index in [0.29, 0.717) is 0 Å². The van der Waals surface area contributed by atoms with Gasteiger partial charge < -0.3 is 9.80 Å². The van der Waals surface area contributed by atoms with E-state index in [1.807, 2.05) is 0 Å². The lowest BCUT2D eigenvalue weighted by Crippen LogP contribution is -2.26. The molecule has 380 valence electrons. The predicted octanol–water partition coefficient (Wildman–Crippen LogP) is 21.0. The van der Waals surface area contributed by atoms with Crippen molar-refractivity contribution in [1.82, 2.24) is 0 Å². The molecule has 0 fully saturated rings. The van der Waals surface area contributed by atoms with Gasteiger partial charge in [0, 0.05) is 34.1 Å². The van der Waals surface area contributed by atoms with Crippen LogP contribution < -0.4 is 9.80 Å². The molecule has 0 saturated carbocycles. The molecule has 3 aliphatic carbocycles. The zero-order chi connectivity index (χ0) is 53.6. The number of hydrogen-bond donors (Lipinski definition) is 0. The summed E-state index contributed by atoms with van der Waals surface area (Å²) in [6.45, 7) is 27.6. The highest BCUT2D eigenvalue weighted by molar-refractivity contribution is 6.21. The molecule has 1 spiro atoms. The van der Waals surface area contributed by atoms with Gasteiger partial charge in [-0.05, 0) is 200 Å². The number of rotatable bonds is 6. The van der Waals surface area contributed by atoms with E-state index < -0.39 is 5.41 Å². The van der Waals surface area contributed by atoms with E-state index in [4.69, 9.17) is 0 Å². The Hall–Kier alpha value is -7.94. The monoisotopic (exact) mass is 999 g/mol. The molecule has 3 aliphatic rings. The average Bonchev–Trinajstić information content (AvgIpc) is 3.95. The first kappa shape index (κ1) is 48.7. The summed E-state index contributed by atoms with van der Waals surface area (Å²) in [5.41, 5.74) is 27.2. The fourth-order valence-corrected chi connectivity index (χ4v) is 13.1. The molecule has 0 aromatic heterocycles. The standard InChI is InChI=1S/C75H70N2/c1-71(2,3)47-24-32-51(33-25-47)76(52-34-26-48(27-35-52)72(4,5)6)55-40-42-59-60-43-41-56(77(53-36-28-49(29-37-53)73(7,8)9)54-38-30-50(31-39-54)74(10,11)12)45-67(60)75(66(59)44-55)65-23-16-15-20-62(65)70-63-22-17-21-61-57-18-13-14-19-58(57)64(69(61)63)46-68(70)75/h13-46H,1-12H3. The fourth-order valence-electron chi connectivity index (χ4n) is 13.1. The summed E-state index contributed by atoms with van der Waals surface area (Å²) in [6, 6.07) is 79.8. The molecule has 0 N–H and O–H groups in total. The van der Waals surface area contributed by atoms with E-state index in [0.717, 1.165) is 34.1 Å². The van der Waals surface area contributed by atoms with Crippen molar-refractivity contribution in [2.75, 3.05) is 9.80 Å². The van der Waals surface area contributed by atoms with Crippen molar-refractivity contribution in [2.24, 2.45) is 0 Å². The van der Waals surface area contributed by atoms with E-state index in [2.05, 4.69) is 299 Å². The summed E-state index contributed by atoms with van der Waals surface area (Å²) < 4.78 is 0. The first-order chi connectivity index (χ1) is 36.7. The third-order valence-corrected chi connectivity index (χ3v) is 17.3. The Morgan fingerprint density at radius 1 is 0.260 bits per heavy atom. The van der Waals surface area contributed by atoms with E-state index in [-0.39, 0.29) is 21.7 Å². The summed E-state index contributed by atoms with van der Waals surface area (Å²) in [6.07, 6.45) is 0. The van der Waals surface area contributed by atoms with Crippen LogP contribution in [0.15, 0.2) is 206 Å². The normalized spacial score (nSPS) is 13.8. The number of nitrogens with zero attached hydrogens (tertiary/aromatic N) is 2. The van der Waals surface area contributed by atoms with Crippen LogP contribution in [0.25, 0.3) is 55.3 Å². The largest absolute Gasteiger partial charge is 0.310 e. The summed E-state index contributed by atoms with van der Waals surface area (Å²) in [5, 5.41) is 2.67. The maximum Gasteiger partial charge on any atom is 0.0727 e. The highest BCUT2D eigenvalue weighted by atomic mass is 15.1. The Morgan fingerprint density at radius 3 is 1.01 bits per heavy atom. The zero-order valence-electron chi connectivity index (χ0n) is 47.0. The molecule has 0 aliphatic heterocycles. The van der Waals surface area contributed by atoms with Gasteiger partial charge in [-0.2, -0.15) is 0 Å². The molecule has 13 rings (SSSR count). The minimum atomic E-state index is -0.670. The number of anilines is 6. The molecule has 0 bridgehead atoms. The number of hydrogen-bond acceptors (Lipinski definition) is 2. The van der Waals surface area contributed by atoms with Crippen LogP contribution >= 0.6 is 0 Å². The highest BCUT2D eigenvalue weighted by Crippen LogP contribution is 2.67. The molecule has 0 radical (unpaired) electrons. The predicted molar refractivity (Wildman–Crippen MR) is 329 cm³/mol. The first-order valence-electron chi connectivity index (χ1n) is 27.8. The van der Waals surface area contributed by atoms with Crippen LogP contribution in [0.3, 0.4) is 0 Å². The smallest absolute Gasteiger partial charge is 0.0727 e. The van der Waals surface area contributed by atoms with E-state index in [9.17, 15) is 0 Å². The lowest BCUT2D eigenvalue weighted by atomic mass is 9.70. The quantitative estimate of drug-likeness (QED) is 0.164. The van der Waals surface area contributed by atoms with Crippen LogP contribution in [0.4, 0.5) is 34.1 Å². The average molecular weight is 999 g/mol. The highest BCUT2D eigenvalue weighted by Gasteiger charge is 2.53. The van der Waals surface area contributed by atoms with E-state index in [1.54, 1.807) is 0 Å². The van der Waals surface area contributed by atoms with Crippen LogP contribution in [0.2, 0.25) is 0 Å². The van der Waals surface area contributed by atoms with Crippen molar-refractivity contribution in [1.29, 1.82) is 0 Å². The van der Waals surface area contributed by atoms with Gasteiger partial charge in [0.1, 0.15) is 0 Å². The van der Waals surface area contributed by atoms with Crippen molar-refractivity contribution in [3.63, 3.8) is 0 Å². The third-order valence-electron chi connectivity index (χ3n) is 17.3. The van der Waals surface area contributed by atoms with Crippen molar-refractivity contribution in [3.8, 4) is 44.5 Å². The third kappa shape index (κ3) is 7.57. The minimum absolute atomic E-state index is 0.0264. The lowest BCUT2D eigenvalue weighted by Gasteiger charge is -2.34. The van der Waals surface area contributed by atoms with E-state index >= 15 is 0 Å². The Labute approximate surface area is 457 Å². The summed E-state index contributed by atoms with van der Waals surface area (Å²) >= 11 is 0. The lowest BCUT2D eigenvalue weighted by molar-refractivity contribution is 0.590. The van der Waals surface area contributed by atoms with Crippen LogP contribution in [0.1, 0.15) is 128 Å². The molecule has 0 amide bonds. The van der Waals surface area contributed by atoms with Gasteiger partial charge in [-0.15, -0.1) is 0 Å². The number of benzene rings is 10. The molecular weight excluding hydrogens is 929 g/mol. The van der Waals surface area contributed by atoms with Gasteiger partial charge in [-0.25, -0.2) is 0 Å². The molecular formula is C75H70N2. The van der Waals surface area contributed by atoms with Crippen molar-refractivity contribution >= 4 is 44.9 Å². The topological polar surface area (TPSA) is 6.48 Å². The minimum Gasteiger partial charge on any atom is -0.310 e. The van der Waals surface area contributed by atoms with Crippen LogP contribution in [-0.4, -0.2) is 0 Å². The maximum atomic E-state index is 2.60. The molecule has 77 heavy (non-hydrogen) atoms. The van der Waals surface area contributed by atoms with Gasteiger partial charge in [0.15, 0.2) is 0 Å². The van der Waals surface area contributed by atoms with Gasteiger partial charge in [-0.3, -0.25) is 0 Å². The van der Waals surface area contributed by atoms with Gasteiger partial charge in [0.25, 0.3) is 0 Å². The van der Waals surface area contributed by atoms with E-state index in [1.165, 1.54) is 99.8 Å². The Kier molecular flexibility index (Phi) is 10.8. The van der Waals surface area contributed by atoms with Gasteiger partial charge >= 0.3 is 0 Å². The summed E-state index contributed by atoms with van der Waals surface area (Å²) in [5.74, 6) is 0. The number of fused-ring (bicyclic) bond motifs is 14. The summed E-state index contributed by atoms with van der Waals surface area (Å²) in [4.78, 5) is 4.96. The molecule has 0 heterocycles. The second-order valence-corrected chi connectivity index (χ2v) is 26.2. The fraction of sp³-hybridized carbons (Fsp3) is 0.227. The van der Waals surface area contributed by atoms with Crippen LogP contribution in [0, 0.1) is 0 Å². The molecule has 0 unspecified atom stereocenters. The van der Waals surface area contributed by atoms with Crippen molar-refractivity contribution in [2.45, 2.75) is 110 Å². The first-order valence-corrected chi connectivity index (χ1v) is 27.8. The van der Waals surface area contributed by atoms with Crippen molar-refractivity contribution < 1.29 is 0 Å². The Balaban J connectivity index is 1.10. The maximum absolute atomic E-state index is 2.60. The second kappa shape index (κ2) is 17.0. The SMILES string of the molecule is CC(C)(C)c1ccc(N(c2ccc(C(C)(C)C)cc2)c2ccc3c(c2)C2(c4cc(N(c5ccc(C(C)(C)C)cc5)c5ccc(C(C)(C)C)cc5)ccc4-3)c3ccccc3-c3c2cc2c4c(cccc34)-c3ccccc3-2)cc1. The molecule has 10 aromatic rings. The molecule has 0 atom stereocenters. The van der Waals surface area contributed by atoms with Gasteiger partial charge in [0.2, 0.25) is 0 Å². The van der Waals surface area contributed by atoms with Crippen LogP contribution in [0.5, 0.6) is 0 Å². The van der Waals surface area contributed by atoms with Crippen LogP contribution in [-0.2, 0) is 27.1 Å².